The monoisotopic (exact) mass is 410 g/mol. The molecule has 26 heavy (non-hydrogen) atoms. The van der Waals surface area contributed by atoms with Gasteiger partial charge in [-0.3, -0.25) is 0 Å². The van der Waals surface area contributed by atoms with Gasteiger partial charge in [0.25, 0.3) is 0 Å². The average Bonchev–Trinajstić information content (AvgIpc) is 2.90. The summed E-state index contributed by atoms with van der Waals surface area (Å²) in [5, 5.41) is 6.77. The highest BCUT2D eigenvalue weighted by Crippen LogP contribution is 2.21. The van der Waals surface area contributed by atoms with E-state index in [0.29, 0.717) is 5.69 Å². The molecule has 2 aromatic carbocycles. The number of hydrazone groups is 1. The van der Waals surface area contributed by atoms with Gasteiger partial charge in [-0.2, -0.15) is 5.10 Å². The summed E-state index contributed by atoms with van der Waals surface area (Å²) in [4.78, 5) is 11.9. The lowest BCUT2D eigenvalue weighted by atomic mass is 10.2. The lowest BCUT2D eigenvalue weighted by molar-refractivity contribution is 0.252. The van der Waals surface area contributed by atoms with Crippen LogP contribution in [-0.2, 0) is 0 Å². The second kappa shape index (κ2) is 8.01. The smallest absolute Gasteiger partial charge is 0.318 e. The SMILES string of the molecule is Cc1cc(/C=N/NC(=O)Nc2ccccc2)c(C)n1-c1ccc(Br)cc1. The second-order valence-corrected chi connectivity index (χ2v) is 6.74. The molecule has 2 N–H and O–H groups in total. The van der Waals surface area contributed by atoms with Gasteiger partial charge in [0.15, 0.2) is 0 Å². The minimum Gasteiger partial charge on any atom is -0.318 e. The molecule has 0 fully saturated rings. The number of carbonyl (C=O) groups excluding carboxylic acids is 1. The Bertz CT molecular complexity index is 930. The molecule has 0 aliphatic heterocycles. The Morgan fingerprint density at radius 3 is 2.46 bits per heavy atom. The molecular weight excluding hydrogens is 392 g/mol. The molecule has 3 aromatic rings. The van der Waals surface area contributed by atoms with Crippen LogP contribution in [0.1, 0.15) is 17.0 Å². The number of carbonyl (C=O) groups is 1. The summed E-state index contributed by atoms with van der Waals surface area (Å²) in [5.74, 6) is 0. The third-order valence-electron chi connectivity index (χ3n) is 3.96. The fourth-order valence-corrected chi connectivity index (χ4v) is 3.01. The molecule has 3 rings (SSSR count). The zero-order chi connectivity index (χ0) is 18.5. The van der Waals surface area contributed by atoms with E-state index in [-0.39, 0.29) is 6.03 Å². The van der Waals surface area contributed by atoms with Gasteiger partial charge in [0.05, 0.1) is 6.21 Å². The van der Waals surface area contributed by atoms with Gasteiger partial charge in [-0.1, -0.05) is 34.1 Å². The highest BCUT2D eigenvalue weighted by atomic mass is 79.9. The zero-order valence-corrected chi connectivity index (χ0v) is 16.1. The standard InChI is InChI=1S/C20H19BrN4O/c1-14-12-16(15(2)25(14)19-10-8-17(21)9-11-19)13-22-24-20(26)23-18-6-4-3-5-7-18/h3-13H,1-2H3,(H2,23,24,26)/b22-13+. The van der Waals surface area contributed by atoms with Crippen molar-refractivity contribution in [2.75, 3.05) is 5.32 Å². The molecule has 132 valence electrons. The van der Waals surface area contributed by atoms with E-state index in [4.69, 9.17) is 0 Å². The Labute approximate surface area is 160 Å². The van der Waals surface area contributed by atoms with Crippen LogP contribution in [0.5, 0.6) is 0 Å². The molecule has 2 amide bonds. The maximum absolute atomic E-state index is 11.9. The number of halogens is 1. The zero-order valence-electron chi connectivity index (χ0n) is 14.5. The van der Waals surface area contributed by atoms with E-state index in [2.05, 4.69) is 48.5 Å². The molecule has 1 aromatic heterocycles. The van der Waals surface area contributed by atoms with E-state index < -0.39 is 0 Å². The van der Waals surface area contributed by atoms with Crippen LogP contribution in [0.2, 0.25) is 0 Å². The van der Waals surface area contributed by atoms with Crippen LogP contribution in [-0.4, -0.2) is 16.8 Å². The normalized spacial score (nSPS) is 10.9. The summed E-state index contributed by atoms with van der Waals surface area (Å²) in [6, 6.07) is 19.0. The molecule has 0 atom stereocenters. The first-order valence-corrected chi connectivity index (χ1v) is 8.94. The van der Waals surface area contributed by atoms with E-state index in [1.807, 2.05) is 62.4 Å². The summed E-state index contributed by atoms with van der Waals surface area (Å²) < 4.78 is 3.19. The molecule has 6 heteroatoms. The Balaban J connectivity index is 1.70. The fourth-order valence-electron chi connectivity index (χ4n) is 2.75. The maximum atomic E-state index is 11.9. The van der Waals surface area contributed by atoms with Crippen LogP contribution in [0.4, 0.5) is 10.5 Å². The van der Waals surface area contributed by atoms with Crippen molar-refractivity contribution >= 4 is 33.9 Å². The molecule has 0 bridgehead atoms. The molecule has 0 saturated carbocycles. The maximum Gasteiger partial charge on any atom is 0.339 e. The summed E-state index contributed by atoms with van der Waals surface area (Å²) in [6.45, 7) is 4.07. The quantitative estimate of drug-likeness (QED) is 0.460. The number of benzene rings is 2. The number of nitrogens with one attached hydrogen (secondary N) is 2. The van der Waals surface area contributed by atoms with Crippen LogP contribution in [0.3, 0.4) is 0 Å². The largest absolute Gasteiger partial charge is 0.339 e. The van der Waals surface area contributed by atoms with Gasteiger partial charge in [0.2, 0.25) is 0 Å². The van der Waals surface area contributed by atoms with Crippen LogP contribution in [0.25, 0.3) is 5.69 Å². The van der Waals surface area contributed by atoms with Gasteiger partial charge >= 0.3 is 6.03 Å². The second-order valence-electron chi connectivity index (χ2n) is 5.83. The highest BCUT2D eigenvalue weighted by Gasteiger charge is 2.09. The predicted molar refractivity (Wildman–Crippen MR) is 109 cm³/mol. The van der Waals surface area contributed by atoms with Crippen molar-refractivity contribution in [3.05, 3.63) is 82.1 Å². The Hall–Kier alpha value is -2.86. The van der Waals surface area contributed by atoms with Gasteiger partial charge < -0.3 is 9.88 Å². The van der Waals surface area contributed by atoms with Crippen molar-refractivity contribution in [2.45, 2.75) is 13.8 Å². The topological polar surface area (TPSA) is 58.4 Å². The Morgan fingerprint density at radius 1 is 1.08 bits per heavy atom. The molecular formula is C20H19BrN4O. The molecule has 0 saturated heterocycles. The number of aromatic nitrogens is 1. The van der Waals surface area contributed by atoms with Gasteiger partial charge in [-0.25, -0.2) is 10.2 Å². The van der Waals surface area contributed by atoms with Crippen molar-refractivity contribution in [3.63, 3.8) is 0 Å². The van der Waals surface area contributed by atoms with E-state index in [9.17, 15) is 4.79 Å². The van der Waals surface area contributed by atoms with Crippen LogP contribution in [0, 0.1) is 13.8 Å². The third kappa shape index (κ3) is 4.21. The summed E-state index contributed by atoms with van der Waals surface area (Å²) >= 11 is 3.46. The van der Waals surface area contributed by atoms with Crippen molar-refractivity contribution in [1.29, 1.82) is 0 Å². The minimum absolute atomic E-state index is 0.380. The fraction of sp³-hybridized carbons (Fsp3) is 0.100. The van der Waals surface area contributed by atoms with E-state index >= 15 is 0 Å². The van der Waals surface area contributed by atoms with Crippen LogP contribution >= 0.6 is 15.9 Å². The van der Waals surface area contributed by atoms with Gasteiger partial charge in [-0.15, -0.1) is 0 Å². The molecule has 1 heterocycles. The number of hydrogen-bond acceptors (Lipinski definition) is 2. The predicted octanol–water partition coefficient (Wildman–Crippen LogP) is 5.01. The number of anilines is 1. The van der Waals surface area contributed by atoms with E-state index in [1.165, 1.54) is 0 Å². The number of hydrogen-bond donors (Lipinski definition) is 2. The number of urea groups is 1. The van der Waals surface area contributed by atoms with Crippen molar-refractivity contribution < 1.29 is 4.79 Å². The van der Waals surface area contributed by atoms with Gasteiger partial charge in [0, 0.05) is 32.8 Å². The molecule has 0 radical (unpaired) electrons. The van der Waals surface area contributed by atoms with Crippen LogP contribution < -0.4 is 10.7 Å². The first kappa shape index (κ1) is 17.9. The number of amides is 2. The van der Waals surface area contributed by atoms with Gasteiger partial charge in [0.1, 0.15) is 0 Å². The number of nitrogens with zero attached hydrogens (tertiary/aromatic N) is 2. The first-order chi connectivity index (χ1) is 12.5. The molecule has 5 nitrogen and oxygen atoms in total. The number of aryl methyl sites for hydroxylation is 1. The highest BCUT2D eigenvalue weighted by molar-refractivity contribution is 9.10. The minimum atomic E-state index is -0.380. The first-order valence-electron chi connectivity index (χ1n) is 8.14. The number of para-hydroxylation sites is 1. The molecule has 0 unspecified atom stereocenters. The summed E-state index contributed by atoms with van der Waals surface area (Å²) in [6.07, 6.45) is 1.66. The average molecular weight is 411 g/mol. The van der Waals surface area contributed by atoms with Crippen molar-refractivity contribution in [1.82, 2.24) is 9.99 Å². The Morgan fingerprint density at radius 2 is 1.77 bits per heavy atom. The molecule has 0 aliphatic rings. The molecule has 0 aliphatic carbocycles. The van der Waals surface area contributed by atoms with E-state index in [0.717, 1.165) is 27.1 Å². The van der Waals surface area contributed by atoms with Crippen molar-refractivity contribution in [3.8, 4) is 5.69 Å². The van der Waals surface area contributed by atoms with Crippen molar-refractivity contribution in [2.24, 2.45) is 5.10 Å². The lowest BCUT2D eigenvalue weighted by Gasteiger charge is -2.09. The Kier molecular flexibility index (Phi) is 5.53. The summed E-state index contributed by atoms with van der Waals surface area (Å²) in [5.41, 5.74) is 7.39. The third-order valence-corrected chi connectivity index (χ3v) is 4.49. The van der Waals surface area contributed by atoms with Crippen LogP contribution in [0.15, 0.2) is 70.2 Å². The number of rotatable bonds is 4. The summed E-state index contributed by atoms with van der Waals surface area (Å²) in [7, 11) is 0. The molecule has 0 spiro atoms. The van der Waals surface area contributed by atoms with Gasteiger partial charge in [-0.05, 0) is 56.3 Å². The van der Waals surface area contributed by atoms with E-state index in [1.54, 1.807) is 6.21 Å². The lowest BCUT2D eigenvalue weighted by Crippen LogP contribution is -2.24.